The number of aromatic nitrogens is 1. The van der Waals surface area contributed by atoms with E-state index in [-0.39, 0.29) is 36.7 Å². The summed E-state index contributed by atoms with van der Waals surface area (Å²) in [7, 11) is 0. The maximum absolute atomic E-state index is 12.7. The lowest BCUT2D eigenvalue weighted by atomic mass is 10.2. The number of urea groups is 1. The number of hydrogen-bond donors (Lipinski definition) is 3. The average Bonchev–Trinajstić information content (AvgIpc) is 3.03. The zero-order chi connectivity index (χ0) is 18.7. The number of carbonyl (C=O) groups excluding carboxylic acids is 2. The number of nitrogens with zero attached hydrogens (tertiary/aromatic N) is 4. The smallest absolute Gasteiger partial charge is 0.320 e. The van der Waals surface area contributed by atoms with Crippen LogP contribution in [0.3, 0.4) is 0 Å². The number of piperazine rings is 1. The van der Waals surface area contributed by atoms with Crippen molar-refractivity contribution in [1.29, 1.82) is 0 Å². The first-order valence-corrected chi connectivity index (χ1v) is 8.50. The second-order valence-corrected chi connectivity index (χ2v) is 6.46. The number of amides is 3. The molecule has 9 heteroatoms. The van der Waals surface area contributed by atoms with Crippen molar-refractivity contribution in [3.05, 3.63) is 41.4 Å². The summed E-state index contributed by atoms with van der Waals surface area (Å²) in [5.41, 5.74) is 13.2. The van der Waals surface area contributed by atoms with Gasteiger partial charge in [0.05, 0.1) is 13.1 Å². The molecule has 1 atom stereocenters. The highest BCUT2D eigenvalue weighted by Gasteiger charge is 2.31. The monoisotopic (exact) mass is 357 g/mol. The van der Waals surface area contributed by atoms with Gasteiger partial charge < -0.3 is 26.6 Å². The lowest BCUT2D eigenvalue weighted by Crippen LogP contribution is -2.54. The van der Waals surface area contributed by atoms with Crippen LogP contribution in [0.1, 0.15) is 17.4 Å². The third-order valence-electron chi connectivity index (χ3n) is 4.42. The number of nitrogens with one attached hydrogen (secondary N) is 1. The molecule has 3 heterocycles. The fraction of sp³-hybridized carbons (Fsp3) is 0.412. The van der Waals surface area contributed by atoms with Crippen LogP contribution in [0.25, 0.3) is 0 Å². The first kappa shape index (κ1) is 17.9. The Morgan fingerprint density at radius 3 is 2.81 bits per heavy atom. The number of pyridine rings is 1. The molecule has 0 bridgehead atoms. The van der Waals surface area contributed by atoms with Gasteiger partial charge in [0.2, 0.25) is 0 Å². The van der Waals surface area contributed by atoms with Crippen molar-refractivity contribution in [3.63, 3.8) is 0 Å². The summed E-state index contributed by atoms with van der Waals surface area (Å²) in [6.45, 7) is 4.62. The molecule has 1 aromatic rings. The van der Waals surface area contributed by atoms with Crippen molar-refractivity contribution in [2.24, 2.45) is 16.5 Å². The van der Waals surface area contributed by atoms with Crippen molar-refractivity contribution in [2.45, 2.75) is 13.0 Å². The minimum atomic E-state index is -0.538. The van der Waals surface area contributed by atoms with Crippen LogP contribution < -0.4 is 16.8 Å². The van der Waals surface area contributed by atoms with Crippen molar-refractivity contribution in [1.82, 2.24) is 20.1 Å². The third-order valence-corrected chi connectivity index (χ3v) is 4.42. The fourth-order valence-corrected chi connectivity index (χ4v) is 3.06. The fourth-order valence-electron chi connectivity index (χ4n) is 3.06. The third kappa shape index (κ3) is 3.83. The first-order valence-electron chi connectivity index (χ1n) is 8.50. The minimum absolute atomic E-state index is 0.0298. The molecule has 3 amide bonds. The van der Waals surface area contributed by atoms with E-state index in [1.165, 1.54) is 6.20 Å². The topological polar surface area (TPSA) is 130 Å². The molecule has 0 spiro atoms. The van der Waals surface area contributed by atoms with Gasteiger partial charge in [-0.25, -0.2) is 4.79 Å². The maximum atomic E-state index is 12.7. The van der Waals surface area contributed by atoms with E-state index in [9.17, 15) is 9.59 Å². The van der Waals surface area contributed by atoms with E-state index in [1.54, 1.807) is 28.0 Å². The summed E-state index contributed by atoms with van der Waals surface area (Å²) >= 11 is 0. The molecule has 1 saturated heterocycles. The van der Waals surface area contributed by atoms with E-state index in [4.69, 9.17) is 11.5 Å². The summed E-state index contributed by atoms with van der Waals surface area (Å²) in [6, 6.07) is 5.14. The summed E-state index contributed by atoms with van der Waals surface area (Å²) in [5, 5.41) is 3.30. The van der Waals surface area contributed by atoms with Crippen LogP contribution in [-0.2, 0) is 0 Å². The van der Waals surface area contributed by atoms with Gasteiger partial charge in [0.15, 0.2) is 0 Å². The Bertz CT molecular complexity index is 760. The first-order chi connectivity index (χ1) is 12.5. The van der Waals surface area contributed by atoms with Gasteiger partial charge in [-0.2, -0.15) is 4.99 Å². The molecule has 1 aromatic heterocycles. The summed E-state index contributed by atoms with van der Waals surface area (Å²) in [4.78, 5) is 36.1. The molecule has 1 unspecified atom stereocenters. The number of hydrogen-bond acceptors (Lipinski definition) is 5. The average molecular weight is 357 g/mol. The number of carbonyl (C=O) groups is 2. The van der Waals surface area contributed by atoms with Crippen LogP contribution in [0.2, 0.25) is 0 Å². The second-order valence-electron chi connectivity index (χ2n) is 6.46. The molecule has 9 nitrogen and oxygen atoms in total. The molecule has 0 aliphatic carbocycles. The predicted octanol–water partition coefficient (Wildman–Crippen LogP) is -0.479. The van der Waals surface area contributed by atoms with Gasteiger partial charge in [-0.15, -0.1) is 0 Å². The van der Waals surface area contributed by atoms with Crippen LogP contribution in [0.15, 0.2) is 40.7 Å². The van der Waals surface area contributed by atoms with Crippen molar-refractivity contribution in [3.8, 4) is 0 Å². The number of rotatable bonds is 2. The highest BCUT2D eigenvalue weighted by molar-refractivity contribution is 6.08. The minimum Gasteiger partial charge on any atom is -0.400 e. The van der Waals surface area contributed by atoms with Gasteiger partial charge in [0.1, 0.15) is 11.5 Å². The molecule has 26 heavy (non-hydrogen) atoms. The van der Waals surface area contributed by atoms with Crippen molar-refractivity contribution >= 4 is 17.8 Å². The van der Waals surface area contributed by atoms with Gasteiger partial charge in [-0.1, -0.05) is 6.07 Å². The van der Waals surface area contributed by atoms with E-state index >= 15 is 0 Å². The zero-order valence-electron chi connectivity index (χ0n) is 14.7. The SMILES string of the molecule is CC1CN(C(=O)N2CC(N)=C(C(N)=NC(=O)c3ccccn3)C2)CCN1. The highest BCUT2D eigenvalue weighted by atomic mass is 16.2. The Kier molecular flexibility index (Phi) is 5.17. The Morgan fingerprint density at radius 2 is 2.12 bits per heavy atom. The van der Waals surface area contributed by atoms with Gasteiger partial charge >= 0.3 is 6.03 Å². The molecule has 0 radical (unpaired) electrons. The Balaban J connectivity index is 1.67. The van der Waals surface area contributed by atoms with E-state index in [0.717, 1.165) is 6.54 Å². The summed E-state index contributed by atoms with van der Waals surface area (Å²) < 4.78 is 0. The van der Waals surface area contributed by atoms with Crippen LogP contribution in [0.4, 0.5) is 4.79 Å². The molecular weight excluding hydrogens is 334 g/mol. The van der Waals surface area contributed by atoms with E-state index in [0.29, 0.717) is 24.4 Å². The molecule has 5 N–H and O–H groups in total. The molecular formula is C17H23N7O2. The molecule has 3 rings (SSSR count). The van der Waals surface area contributed by atoms with Crippen LogP contribution >= 0.6 is 0 Å². The lowest BCUT2D eigenvalue weighted by Gasteiger charge is -2.34. The Labute approximate surface area is 151 Å². The summed E-state index contributed by atoms with van der Waals surface area (Å²) in [5.74, 6) is -0.508. The largest absolute Gasteiger partial charge is 0.400 e. The molecule has 2 aliphatic rings. The van der Waals surface area contributed by atoms with Gasteiger partial charge in [0.25, 0.3) is 5.91 Å². The standard InChI is InChI=1S/C17H23N7O2/c1-11-8-23(7-6-20-11)17(26)24-9-12(13(18)10-24)15(19)22-16(25)14-4-2-3-5-21-14/h2-5,11,20H,6-10,18H2,1H3,(H2,19,22,25). The molecule has 138 valence electrons. The number of nitrogens with two attached hydrogens (primary N) is 2. The van der Waals surface area contributed by atoms with E-state index < -0.39 is 5.91 Å². The van der Waals surface area contributed by atoms with Crippen molar-refractivity contribution < 1.29 is 9.59 Å². The number of amidine groups is 1. The lowest BCUT2D eigenvalue weighted by molar-refractivity contribution is 0.0998. The molecule has 0 saturated carbocycles. The van der Waals surface area contributed by atoms with Crippen LogP contribution in [0.5, 0.6) is 0 Å². The van der Waals surface area contributed by atoms with Crippen molar-refractivity contribution in [2.75, 3.05) is 32.7 Å². The van der Waals surface area contributed by atoms with Gasteiger partial charge in [-0.05, 0) is 19.1 Å². The highest BCUT2D eigenvalue weighted by Crippen LogP contribution is 2.17. The van der Waals surface area contributed by atoms with Crippen LogP contribution in [0, 0.1) is 0 Å². The molecule has 1 fully saturated rings. The maximum Gasteiger partial charge on any atom is 0.320 e. The molecule has 0 aromatic carbocycles. The zero-order valence-corrected chi connectivity index (χ0v) is 14.7. The Morgan fingerprint density at radius 1 is 1.31 bits per heavy atom. The normalized spacial score (nSPS) is 21.3. The van der Waals surface area contributed by atoms with Gasteiger partial charge in [-0.3, -0.25) is 9.78 Å². The second kappa shape index (κ2) is 7.52. The number of aliphatic imine (C=N–C) groups is 1. The van der Waals surface area contributed by atoms with Crippen LogP contribution in [-0.4, -0.2) is 71.3 Å². The van der Waals surface area contributed by atoms with E-state index in [1.807, 2.05) is 6.92 Å². The predicted molar refractivity (Wildman–Crippen MR) is 97.4 cm³/mol. The van der Waals surface area contributed by atoms with Gasteiger partial charge in [0, 0.05) is 43.1 Å². The summed E-state index contributed by atoms with van der Waals surface area (Å²) in [6.07, 6.45) is 1.51. The Hall–Kier alpha value is -2.94. The van der Waals surface area contributed by atoms with E-state index in [2.05, 4.69) is 15.3 Å². The quantitative estimate of drug-likeness (QED) is 0.484. The molecule has 2 aliphatic heterocycles.